The second-order valence-electron chi connectivity index (χ2n) is 10.4. The number of phenols is 1. The average molecular weight is 451 g/mol. The van der Waals surface area contributed by atoms with Crippen LogP contribution in [0, 0.1) is 22.7 Å². The van der Waals surface area contributed by atoms with Crippen molar-refractivity contribution < 1.29 is 19.7 Å². The third-order valence-electron chi connectivity index (χ3n) is 8.12. The second kappa shape index (κ2) is 10.1. The van der Waals surface area contributed by atoms with E-state index in [1.807, 2.05) is 0 Å². The van der Waals surface area contributed by atoms with Gasteiger partial charge in [-0.15, -0.1) is 0 Å². The van der Waals surface area contributed by atoms with Gasteiger partial charge in [0.15, 0.2) is 0 Å². The Morgan fingerprint density at radius 2 is 1.94 bits per heavy atom. The van der Waals surface area contributed by atoms with E-state index in [4.69, 9.17) is 4.74 Å². The Morgan fingerprint density at radius 3 is 2.61 bits per heavy atom. The van der Waals surface area contributed by atoms with Crippen LogP contribution in [0.3, 0.4) is 0 Å². The number of aliphatic hydroxyl groups excluding tert-OH is 1. The Labute approximate surface area is 198 Å². The lowest BCUT2D eigenvalue weighted by molar-refractivity contribution is -0.152. The van der Waals surface area contributed by atoms with Gasteiger partial charge in [-0.1, -0.05) is 63.8 Å². The Kier molecular flexibility index (Phi) is 7.69. The van der Waals surface area contributed by atoms with Crippen LogP contribution < -0.4 is 0 Å². The zero-order chi connectivity index (χ0) is 24.2. The molecule has 2 aliphatic carbocycles. The molecule has 4 nitrogen and oxygen atoms in total. The fraction of sp³-hybridized carbons (Fsp3) is 0.483. The van der Waals surface area contributed by atoms with Crippen LogP contribution in [0.1, 0.15) is 57.9 Å². The van der Waals surface area contributed by atoms with E-state index in [1.165, 1.54) is 6.08 Å². The zero-order valence-corrected chi connectivity index (χ0v) is 20.1. The Hall–Kier alpha value is -2.59. The number of hydrogen-bond donors (Lipinski definition) is 2. The summed E-state index contributed by atoms with van der Waals surface area (Å²) in [6.45, 7) is 17.0. The minimum Gasteiger partial charge on any atom is -0.508 e. The minimum absolute atomic E-state index is 0.000942. The molecule has 0 heterocycles. The Bertz CT molecular complexity index is 927. The van der Waals surface area contributed by atoms with Gasteiger partial charge in [-0.05, 0) is 78.7 Å². The summed E-state index contributed by atoms with van der Waals surface area (Å²) in [7, 11) is 0. The van der Waals surface area contributed by atoms with E-state index in [2.05, 4.69) is 33.6 Å². The van der Waals surface area contributed by atoms with Gasteiger partial charge in [-0.3, -0.25) is 0 Å². The van der Waals surface area contributed by atoms with Crippen LogP contribution in [0.2, 0.25) is 0 Å². The number of hydrogen-bond acceptors (Lipinski definition) is 4. The highest BCUT2D eigenvalue weighted by Crippen LogP contribution is 2.62. The van der Waals surface area contributed by atoms with E-state index in [0.717, 1.165) is 48.8 Å². The topological polar surface area (TPSA) is 66.8 Å². The monoisotopic (exact) mass is 450 g/mol. The molecule has 0 spiro atoms. The van der Waals surface area contributed by atoms with Crippen molar-refractivity contribution in [2.45, 2.75) is 58.5 Å². The smallest absolute Gasteiger partial charge is 0.330 e. The van der Waals surface area contributed by atoms with E-state index in [9.17, 15) is 15.0 Å². The first-order chi connectivity index (χ1) is 15.6. The average Bonchev–Trinajstić information content (AvgIpc) is 2.79. The predicted octanol–water partition coefficient (Wildman–Crippen LogP) is 6.22. The molecular formula is C29H38O4. The van der Waals surface area contributed by atoms with E-state index < -0.39 is 6.10 Å². The zero-order valence-electron chi connectivity index (χ0n) is 20.1. The molecule has 4 heteroatoms. The number of carbonyl (C=O) groups is 1. The highest BCUT2D eigenvalue weighted by atomic mass is 16.5. The van der Waals surface area contributed by atoms with Crippen molar-refractivity contribution in [2.75, 3.05) is 6.61 Å². The normalized spacial score (nSPS) is 31.7. The van der Waals surface area contributed by atoms with Crippen LogP contribution in [0.4, 0.5) is 0 Å². The molecule has 0 radical (unpaired) electrons. The molecule has 0 saturated heterocycles. The molecule has 1 aromatic rings. The van der Waals surface area contributed by atoms with Gasteiger partial charge in [-0.25, -0.2) is 4.79 Å². The highest BCUT2D eigenvalue weighted by molar-refractivity contribution is 5.87. The third kappa shape index (κ3) is 5.50. The number of carbonyl (C=O) groups excluding carboxylic acids is 1. The first-order valence-corrected chi connectivity index (χ1v) is 11.9. The van der Waals surface area contributed by atoms with Gasteiger partial charge >= 0.3 is 5.97 Å². The molecule has 5 atom stereocenters. The van der Waals surface area contributed by atoms with Gasteiger partial charge in [0.2, 0.25) is 0 Å². The van der Waals surface area contributed by atoms with Crippen LogP contribution in [0.15, 0.2) is 67.3 Å². The van der Waals surface area contributed by atoms with E-state index >= 15 is 0 Å². The van der Waals surface area contributed by atoms with Crippen molar-refractivity contribution in [1.82, 2.24) is 0 Å². The van der Waals surface area contributed by atoms with Gasteiger partial charge in [0.25, 0.3) is 0 Å². The quantitative estimate of drug-likeness (QED) is 0.213. The summed E-state index contributed by atoms with van der Waals surface area (Å²) in [5, 5.41) is 20.3. The number of benzene rings is 1. The molecule has 1 aromatic carbocycles. The minimum atomic E-state index is -0.535. The predicted molar refractivity (Wildman–Crippen MR) is 133 cm³/mol. The summed E-state index contributed by atoms with van der Waals surface area (Å²) < 4.78 is 5.73. The molecule has 2 N–H and O–H groups in total. The fourth-order valence-corrected chi connectivity index (χ4v) is 6.17. The molecule has 0 aromatic heterocycles. The first kappa shape index (κ1) is 25.0. The number of aromatic hydroxyl groups is 1. The van der Waals surface area contributed by atoms with Crippen molar-refractivity contribution in [2.24, 2.45) is 22.7 Å². The van der Waals surface area contributed by atoms with E-state index in [1.54, 1.807) is 36.4 Å². The van der Waals surface area contributed by atoms with Crippen molar-refractivity contribution >= 4 is 12.0 Å². The van der Waals surface area contributed by atoms with Crippen molar-refractivity contribution in [3.8, 4) is 5.75 Å². The molecule has 0 aliphatic heterocycles. The lowest BCUT2D eigenvalue weighted by Crippen LogP contribution is -2.55. The van der Waals surface area contributed by atoms with Crippen molar-refractivity contribution in [1.29, 1.82) is 0 Å². The fourth-order valence-electron chi connectivity index (χ4n) is 6.17. The summed E-state index contributed by atoms with van der Waals surface area (Å²) >= 11 is 0. The van der Waals surface area contributed by atoms with E-state index in [0.29, 0.717) is 13.0 Å². The van der Waals surface area contributed by atoms with Crippen molar-refractivity contribution in [3.63, 3.8) is 0 Å². The molecular weight excluding hydrogens is 412 g/mol. The molecule has 2 saturated carbocycles. The number of allylic oxidation sites excluding steroid dienone is 2. The maximum absolute atomic E-state index is 12.5. The largest absolute Gasteiger partial charge is 0.508 e. The SMILES string of the molecule is C=CC(=C)CC[C@H]1C(=C)[C@@H](O)C[C@H]2[C@@](C)(COC(=O)/C=C/c3ccc(O)cc3)CCC[C@]12C. The second-order valence-corrected chi connectivity index (χ2v) is 10.4. The lowest BCUT2D eigenvalue weighted by atomic mass is 9.46. The van der Waals surface area contributed by atoms with Gasteiger partial charge < -0.3 is 14.9 Å². The summed E-state index contributed by atoms with van der Waals surface area (Å²) in [5.41, 5.74) is 2.56. The van der Waals surface area contributed by atoms with Crippen LogP contribution in [-0.4, -0.2) is 28.9 Å². The van der Waals surface area contributed by atoms with Crippen molar-refractivity contribution in [3.05, 3.63) is 72.9 Å². The molecule has 3 rings (SSSR count). The number of ether oxygens (including phenoxy) is 1. The van der Waals surface area contributed by atoms with Gasteiger partial charge in [0.05, 0.1) is 12.7 Å². The van der Waals surface area contributed by atoms with Gasteiger partial charge in [0.1, 0.15) is 5.75 Å². The van der Waals surface area contributed by atoms with Crippen LogP contribution in [0.25, 0.3) is 6.08 Å². The summed E-state index contributed by atoms with van der Waals surface area (Å²) in [6.07, 6.45) is 9.90. The molecule has 33 heavy (non-hydrogen) atoms. The summed E-state index contributed by atoms with van der Waals surface area (Å²) in [5.74, 6) is 0.242. The lowest BCUT2D eigenvalue weighted by Gasteiger charge is -2.59. The molecule has 0 bridgehead atoms. The summed E-state index contributed by atoms with van der Waals surface area (Å²) in [4.78, 5) is 12.5. The standard InChI is InChI=1S/C29H38O4/c1-6-20(2)8-14-24-21(3)25(31)18-26-28(4,16-7-17-29(24,26)5)19-33-27(32)15-11-22-9-12-23(30)13-10-22/h6,9-13,15,24-26,30-31H,1-3,7-8,14,16-19H2,4-5H3/b15-11+/t24-,25-,26-,28+,29+/m0/s1. The number of phenolic OH excluding ortho intramolecular Hbond substituents is 1. The number of rotatable bonds is 8. The maximum atomic E-state index is 12.5. The number of aliphatic hydroxyl groups is 1. The molecule has 2 fully saturated rings. The maximum Gasteiger partial charge on any atom is 0.330 e. The van der Waals surface area contributed by atoms with Gasteiger partial charge in [-0.2, -0.15) is 0 Å². The summed E-state index contributed by atoms with van der Waals surface area (Å²) in [6, 6.07) is 6.64. The third-order valence-corrected chi connectivity index (χ3v) is 8.12. The van der Waals surface area contributed by atoms with Crippen LogP contribution >= 0.6 is 0 Å². The number of fused-ring (bicyclic) bond motifs is 1. The molecule has 178 valence electrons. The molecule has 0 amide bonds. The Morgan fingerprint density at radius 1 is 1.24 bits per heavy atom. The molecule has 0 unspecified atom stereocenters. The Balaban J connectivity index is 1.72. The first-order valence-electron chi connectivity index (χ1n) is 11.9. The molecule has 2 aliphatic rings. The van der Waals surface area contributed by atoms with Crippen LogP contribution in [0.5, 0.6) is 5.75 Å². The van der Waals surface area contributed by atoms with Gasteiger partial charge in [0, 0.05) is 11.5 Å². The van der Waals surface area contributed by atoms with Crippen LogP contribution in [-0.2, 0) is 9.53 Å². The number of esters is 1. The highest BCUT2D eigenvalue weighted by Gasteiger charge is 2.56. The van der Waals surface area contributed by atoms with E-state index in [-0.39, 0.29) is 34.4 Å².